The Balaban J connectivity index is 2.38. The van der Waals surface area contributed by atoms with Gasteiger partial charge in [0, 0.05) is 18.5 Å². The summed E-state index contributed by atoms with van der Waals surface area (Å²) in [6, 6.07) is 5.67. The van der Waals surface area contributed by atoms with Crippen LogP contribution in [0.25, 0.3) is 5.69 Å². The van der Waals surface area contributed by atoms with Gasteiger partial charge in [0.15, 0.2) is 0 Å². The van der Waals surface area contributed by atoms with Crippen LogP contribution in [0.4, 0.5) is 5.69 Å². The summed E-state index contributed by atoms with van der Waals surface area (Å²) in [7, 11) is 0. The van der Waals surface area contributed by atoms with Crippen molar-refractivity contribution in [3.8, 4) is 11.4 Å². The number of rotatable bonds is 3. The van der Waals surface area contributed by atoms with E-state index in [1.165, 1.54) is 0 Å². The van der Waals surface area contributed by atoms with Gasteiger partial charge in [0.05, 0.1) is 24.3 Å². The third kappa shape index (κ3) is 1.93. The maximum atomic E-state index is 5.78. The smallest absolute Gasteiger partial charge is 0.144 e. The molecule has 0 saturated heterocycles. The quantitative estimate of drug-likeness (QED) is 0.774. The molecular formula is C11H13N3O. The Hall–Kier alpha value is -1.97. The first-order valence-corrected chi connectivity index (χ1v) is 4.82. The van der Waals surface area contributed by atoms with Crippen molar-refractivity contribution in [2.45, 2.75) is 6.92 Å². The van der Waals surface area contributed by atoms with Crippen molar-refractivity contribution in [3.63, 3.8) is 0 Å². The molecule has 2 aromatic rings. The van der Waals surface area contributed by atoms with Gasteiger partial charge in [-0.2, -0.15) is 0 Å². The Morgan fingerprint density at radius 2 is 2.33 bits per heavy atom. The lowest BCUT2D eigenvalue weighted by atomic mass is 10.2. The van der Waals surface area contributed by atoms with Gasteiger partial charge in [-0.15, -0.1) is 0 Å². The van der Waals surface area contributed by atoms with E-state index in [-0.39, 0.29) is 0 Å². The summed E-state index contributed by atoms with van der Waals surface area (Å²) in [5, 5.41) is 0. The standard InChI is InChI=1S/C11H13N3O/c1-2-15-11-7-9(3-4-10(11)12)14-6-5-13-8-14/h3-8H,2,12H2,1H3. The second kappa shape index (κ2) is 4.04. The summed E-state index contributed by atoms with van der Waals surface area (Å²) in [6.07, 6.45) is 5.35. The van der Waals surface area contributed by atoms with Gasteiger partial charge >= 0.3 is 0 Å². The highest BCUT2D eigenvalue weighted by Gasteiger charge is 2.02. The summed E-state index contributed by atoms with van der Waals surface area (Å²) >= 11 is 0. The zero-order valence-corrected chi connectivity index (χ0v) is 8.55. The average Bonchev–Trinajstić information content (AvgIpc) is 2.75. The van der Waals surface area contributed by atoms with Crippen molar-refractivity contribution in [1.82, 2.24) is 9.55 Å². The largest absolute Gasteiger partial charge is 0.492 e. The average molecular weight is 203 g/mol. The van der Waals surface area contributed by atoms with E-state index in [2.05, 4.69) is 4.98 Å². The van der Waals surface area contributed by atoms with Crippen LogP contribution in [0.1, 0.15) is 6.92 Å². The lowest BCUT2D eigenvalue weighted by Gasteiger charge is -2.09. The van der Waals surface area contributed by atoms with Gasteiger partial charge in [-0.1, -0.05) is 0 Å². The molecule has 0 spiro atoms. The minimum absolute atomic E-state index is 0.609. The highest BCUT2D eigenvalue weighted by Crippen LogP contribution is 2.24. The van der Waals surface area contributed by atoms with Crippen LogP contribution in [0.2, 0.25) is 0 Å². The van der Waals surface area contributed by atoms with Crippen LogP contribution in [0.5, 0.6) is 5.75 Å². The monoisotopic (exact) mass is 203 g/mol. The summed E-state index contributed by atoms with van der Waals surface area (Å²) in [5.74, 6) is 0.712. The van der Waals surface area contributed by atoms with Crippen molar-refractivity contribution in [2.24, 2.45) is 0 Å². The fraction of sp³-hybridized carbons (Fsp3) is 0.182. The van der Waals surface area contributed by atoms with E-state index >= 15 is 0 Å². The number of hydrogen-bond acceptors (Lipinski definition) is 3. The SMILES string of the molecule is CCOc1cc(-n2ccnc2)ccc1N. The molecule has 0 amide bonds. The normalized spacial score (nSPS) is 10.2. The molecule has 0 fully saturated rings. The van der Waals surface area contributed by atoms with Crippen molar-refractivity contribution < 1.29 is 4.74 Å². The van der Waals surface area contributed by atoms with Gasteiger partial charge in [0.2, 0.25) is 0 Å². The van der Waals surface area contributed by atoms with Gasteiger partial charge in [-0.3, -0.25) is 0 Å². The number of imidazole rings is 1. The topological polar surface area (TPSA) is 53.1 Å². The summed E-state index contributed by atoms with van der Waals surface area (Å²) in [5.41, 5.74) is 7.42. The van der Waals surface area contributed by atoms with Gasteiger partial charge in [0.1, 0.15) is 5.75 Å². The zero-order valence-electron chi connectivity index (χ0n) is 8.55. The van der Waals surface area contributed by atoms with Crippen LogP contribution >= 0.6 is 0 Å². The molecule has 0 bridgehead atoms. The number of nitrogens with two attached hydrogens (primary N) is 1. The molecule has 2 N–H and O–H groups in total. The van der Waals surface area contributed by atoms with Gasteiger partial charge < -0.3 is 15.0 Å². The minimum Gasteiger partial charge on any atom is -0.492 e. The molecule has 0 aliphatic rings. The number of aromatic nitrogens is 2. The molecule has 78 valence electrons. The number of nitrogens with zero attached hydrogens (tertiary/aromatic N) is 2. The second-order valence-corrected chi connectivity index (χ2v) is 3.13. The molecular weight excluding hydrogens is 190 g/mol. The molecule has 0 aliphatic heterocycles. The van der Waals surface area contributed by atoms with Crippen molar-refractivity contribution in [3.05, 3.63) is 36.9 Å². The molecule has 4 nitrogen and oxygen atoms in total. The molecule has 1 aromatic heterocycles. The van der Waals surface area contributed by atoms with Crippen molar-refractivity contribution in [1.29, 1.82) is 0 Å². The van der Waals surface area contributed by atoms with Crippen LogP contribution in [0, 0.1) is 0 Å². The van der Waals surface area contributed by atoms with Crippen LogP contribution in [0.15, 0.2) is 36.9 Å². The fourth-order valence-corrected chi connectivity index (χ4v) is 1.38. The molecule has 0 unspecified atom stereocenters. The van der Waals surface area contributed by atoms with Gasteiger partial charge in [-0.05, 0) is 19.1 Å². The number of benzene rings is 1. The molecule has 0 aliphatic carbocycles. The highest BCUT2D eigenvalue weighted by molar-refractivity contribution is 5.57. The van der Waals surface area contributed by atoms with E-state index < -0.39 is 0 Å². The number of nitrogen functional groups attached to an aromatic ring is 1. The van der Waals surface area contributed by atoms with E-state index in [9.17, 15) is 0 Å². The fourth-order valence-electron chi connectivity index (χ4n) is 1.38. The maximum absolute atomic E-state index is 5.78. The summed E-state index contributed by atoms with van der Waals surface area (Å²) in [6.45, 7) is 2.54. The number of hydrogen-bond donors (Lipinski definition) is 1. The summed E-state index contributed by atoms with van der Waals surface area (Å²) < 4.78 is 7.32. The Morgan fingerprint density at radius 1 is 1.47 bits per heavy atom. The van der Waals surface area contributed by atoms with E-state index in [0.717, 1.165) is 5.69 Å². The van der Waals surface area contributed by atoms with Crippen molar-refractivity contribution >= 4 is 5.69 Å². The second-order valence-electron chi connectivity index (χ2n) is 3.13. The molecule has 4 heteroatoms. The van der Waals surface area contributed by atoms with E-state index in [0.29, 0.717) is 18.0 Å². The van der Waals surface area contributed by atoms with E-state index in [1.54, 1.807) is 12.5 Å². The van der Waals surface area contributed by atoms with E-state index in [1.807, 2.05) is 35.9 Å². The Bertz CT molecular complexity index is 437. The predicted octanol–water partition coefficient (Wildman–Crippen LogP) is 1.85. The van der Waals surface area contributed by atoms with Crippen LogP contribution in [0.3, 0.4) is 0 Å². The predicted molar refractivity (Wildman–Crippen MR) is 59.1 cm³/mol. The molecule has 0 saturated carbocycles. The minimum atomic E-state index is 0.609. The maximum Gasteiger partial charge on any atom is 0.144 e. The molecule has 0 atom stereocenters. The molecule has 15 heavy (non-hydrogen) atoms. The van der Waals surface area contributed by atoms with Crippen LogP contribution < -0.4 is 10.5 Å². The first-order valence-electron chi connectivity index (χ1n) is 4.82. The molecule has 1 aromatic carbocycles. The lowest BCUT2D eigenvalue weighted by Crippen LogP contribution is -1.99. The zero-order chi connectivity index (χ0) is 10.7. The Labute approximate surface area is 88.3 Å². The van der Waals surface area contributed by atoms with E-state index in [4.69, 9.17) is 10.5 Å². The van der Waals surface area contributed by atoms with Gasteiger partial charge in [-0.25, -0.2) is 4.98 Å². The number of anilines is 1. The third-order valence-electron chi connectivity index (χ3n) is 2.10. The third-order valence-corrected chi connectivity index (χ3v) is 2.10. The summed E-state index contributed by atoms with van der Waals surface area (Å²) in [4.78, 5) is 3.99. The van der Waals surface area contributed by atoms with Gasteiger partial charge in [0.25, 0.3) is 0 Å². The molecule has 0 radical (unpaired) electrons. The van der Waals surface area contributed by atoms with Crippen molar-refractivity contribution in [2.75, 3.05) is 12.3 Å². The van der Waals surface area contributed by atoms with Crippen LogP contribution in [-0.4, -0.2) is 16.2 Å². The highest BCUT2D eigenvalue weighted by atomic mass is 16.5. The molecule has 1 heterocycles. The Morgan fingerprint density at radius 3 is 3.00 bits per heavy atom. The first kappa shape index (κ1) is 9.58. The molecule has 2 rings (SSSR count). The number of ether oxygens (including phenoxy) is 1. The van der Waals surface area contributed by atoms with Crippen LogP contribution in [-0.2, 0) is 0 Å². The Kier molecular flexibility index (Phi) is 2.58. The lowest BCUT2D eigenvalue weighted by molar-refractivity contribution is 0.342. The first-order chi connectivity index (χ1) is 7.31.